The summed E-state index contributed by atoms with van der Waals surface area (Å²) in [6, 6.07) is 6.44. The average molecular weight is 302 g/mol. The number of rotatable bonds is 2. The highest BCUT2D eigenvalue weighted by Gasteiger charge is 2.22. The van der Waals surface area contributed by atoms with Crippen LogP contribution in [-0.2, 0) is 4.79 Å². The van der Waals surface area contributed by atoms with Crippen LogP contribution in [0.5, 0.6) is 0 Å². The van der Waals surface area contributed by atoms with Gasteiger partial charge in [0.15, 0.2) is 0 Å². The molecule has 122 valence electrons. The van der Waals surface area contributed by atoms with Crippen molar-refractivity contribution >= 4 is 17.3 Å². The minimum absolute atomic E-state index is 0.0698. The maximum atomic E-state index is 12.2. The van der Waals surface area contributed by atoms with Crippen LogP contribution in [0.15, 0.2) is 18.2 Å². The number of hydrogen-bond acceptors (Lipinski definition) is 2. The molecule has 22 heavy (non-hydrogen) atoms. The molecule has 0 saturated carbocycles. The maximum absolute atomic E-state index is 12.2. The van der Waals surface area contributed by atoms with Gasteiger partial charge in [-0.05, 0) is 37.5 Å². The first-order valence-corrected chi connectivity index (χ1v) is 8.55. The Labute approximate surface area is 135 Å². The number of nitrogens with zero attached hydrogens (tertiary/aromatic N) is 1. The summed E-state index contributed by atoms with van der Waals surface area (Å²) < 4.78 is 0. The molecule has 1 fully saturated rings. The van der Waals surface area contributed by atoms with Gasteiger partial charge in [0, 0.05) is 29.9 Å². The third-order valence-corrected chi connectivity index (χ3v) is 4.37. The van der Waals surface area contributed by atoms with Crippen molar-refractivity contribution in [2.45, 2.75) is 59.8 Å². The molecule has 2 rings (SSSR count). The van der Waals surface area contributed by atoms with Crippen molar-refractivity contribution in [2.24, 2.45) is 5.41 Å². The summed E-state index contributed by atoms with van der Waals surface area (Å²) >= 11 is 0. The molecule has 0 atom stereocenters. The number of hydrogen-bond donors (Lipinski definition) is 1. The first-order valence-electron chi connectivity index (χ1n) is 8.55. The Hall–Kier alpha value is -1.51. The third-order valence-electron chi connectivity index (χ3n) is 4.37. The zero-order chi connectivity index (χ0) is 16.2. The number of amides is 1. The molecule has 1 aromatic carbocycles. The van der Waals surface area contributed by atoms with Crippen molar-refractivity contribution in [3.63, 3.8) is 0 Å². The summed E-state index contributed by atoms with van der Waals surface area (Å²) in [5.41, 5.74) is 2.92. The first-order chi connectivity index (χ1) is 10.4. The molecule has 1 amide bonds. The lowest BCUT2D eigenvalue weighted by atomic mass is 9.95. The molecule has 0 spiro atoms. The lowest BCUT2D eigenvalue weighted by Crippen LogP contribution is -2.29. The van der Waals surface area contributed by atoms with Crippen LogP contribution in [0.3, 0.4) is 0 Å². The van der Waals surface area contributed by atoms with Crippen LogP contribution < -0.4 is 10.2 Å². The van der Waals surface area contributed by atoms with Gasteiger partial charge in [-0.15, -0.1) is 0 Å². The molecule has 0 aliphatic carbocycles. The molecule has 3 nitrogen and oxygen atoms in total. The average Bonchev–Trinajstić information content (AvgIpc) is 2.40. The SMILES string of the molecule is Cc1ccc(N2CCCCCCC2)cc1NC(=O)C(C)(C)C. The van der Waals surface area contributed by atoms with E-state index in [9.17, 15) is 4.79 Å². The van der Waals surface area contributed by atoms with Crippen molar-refractivity contribution in [1.82, 2.24) is 0 Å². The smallest absolute Gasteiger partial charge is 0.229 e. The molecule has 0 unspecified atom stereocenters. The Bertz CT molecular complexity index is 509. The quantitative estimate of drug-likeness (QED) is 0.855. The minimum atomic E-state index is -0.372. The highest BCUT2D eigenvalue weighted by molar-refractivity contribution is 5.95. The highest BCUT2D eigenvalue weighted by atomic mass is 16.2. The van der Waals surface area contributed by atoms with Crippen LogP contribution in [0.1, 0.15) is 58.4 Å². The van der Waals surface area contributed by atoms with Crippen molar-refractivity contribution < 1.29 is 4.79 Å². The lowest BCUT2D eigenvalue weighted by molar-refractivity contribution is -0.123. The molecule has 1 aliphatic heterocycles. The summed E-state index contributed by atoms with van der Waals surface area (Å²) in [6.45, 7) is 10.1. The summed E-state index contributed by atoms with van der Waals surface area (Å²) in [4.78, 5) is 14.7. The van der Waals surface area contributed by atoms with Crippen LogP contribution in [0.4, 0.5) is 11.4 Å². The van der Waals surface area contributed by atoms with E-state index in [-0.39, 0.29) is 11.3 Å². The highest BCUT2D eigenvalue weighted by Crippen LogP contribution is 2.27. The summed E-state index contributed by atoms with van der Waals surface area (Å²) in [6.07, 6.45) is 6.55. The zero-order valence-corrected chi connectivity index (χ0v) is 14.5. The van der Waals surface area contributed by atoms with Crippen LogP contribution >= 0.6 is 0 Å². The fourth-order valence-corrected chi connectivity index (χ4v) is 2.76. The van der Waals surface area contributed by atoms with Crippen LogP contribution in [0.2, 0.25) is 0 Å². The van der Waals surface area contributed by atoms with Crippen LogP contribution in [-0.4, -0.2) is 19.0 Å². The number of anilines is 2. The van der Waals surface area contributed by atoms with E-state index in [2.05, 4.69) is 35.3 Å². The molecule has 1 aromatic rings. The van der Waals surface area contributed by atoms with E-state index in [0.717, 1.165) is 24.3 Å². The van der Waals surface area contributed by atoms with Crippen molar-refractivity contribution in [2.75, 3.05) is 23.3 Å². The van der Waals surface area contributed by atoms with Gasteiger partial charge in [-0.2, -0.15) is 0 Å². The van der Waals surface area contributed by atoms with E-state index in [4.69, 9.17) is 0 Å². The van der Waals surface area contributed by atoms with Crippen LogP contribution in [0, 0.1) is 12.3 Å². The summed E-state index contributed by atoms with van der Waals surface area (Å²) in [5.74, 6) is 0.0698. The Morgan fingerprint density at radius 3 is 2.23 bits per heavy atom. The van der Waals surface area contributed by atoms with Gasteiger partial charge in [-0.1, -0.05) is 46.1 Å². The van der Waals surface area contributed by atoms with Crippen LogP contribution in [0.25, 0.3) is 0 Å². The van der Waals surface area contributed by atoms with Crippen molar-refractivity contribution in [3.05, 3.63) is 23.8 Å². The Morgan fingerprint density at radius 1 is 1.05 bits per heavy atom. The summed E-state index contributed by atoms with van der Waals surface area (Å²) in [7, 11) is 0. The third kappa shape index (κ3) is 4.49. The molecule has 1 aliphatic rings. The van der Waals surface area contributed by atoms with Crippen molar-refractivity contribution in [1.29, 1.82) is 0 Å². The second-order valence-electron chi connectivity index (χ2n) is 7.46. The van der Waals surface area contributed by atoms with E-state index in [0.29, 0.717) is 0 Å². The van der Waals surface area contributed by atoms with E-state index in [1.165, 1.54) is 37.8 Å². The molecule has 1 saturated heterocycles. The fraction of sp³-hybridized carbons (Fsp3) is 0.632. The standard InChI is InChI=1S/C19H30N2O/c1-15-10-11-16(21-12-8-6-5-7-9-13-21)14-17(15)20-18(22)19(2,3)4/h10-11,14H,5-9,12-13H2,1-4H3,(H,20,22). The Kier molecular flexibility index (Phi) is 5.49. The van der Waals surface area contributed by atoms with E-state index >= 15 is 0 Å². The predicted molar refractivity (Wildman–Crippen MR) is 94.6 cm³/mol. The molecule has 0 aromatic heterocycles. The van der Waals surface area contributed by atoms with Gasteiger partial charge in [0.25, 0.3) is 0 Å². The maximum Gasteiger partial charge on any atom is 0.229 e. The molecular formula is C19H30N2O. The normalized spacial score (nSPS) is 16.8. The summed E-state index contributed by atoms with van der Waals surface area (Å²) in [5, 5.41) is 3.09. The fourth-order valence-electron chi connectivity index (χ4n) is 2.76. The van der Waals surface area contributed by atoms with E-state index in [1.807, 2.05) is 20.8 Å². The topological polar surface area (TPSA) is 32.3 Å². The minimum Gasteiger partial charge on any atom is -0.371 e. The number of benzene rings is 1. The predicted octanol–water partition coefficient (Wildman–Crippen LogP) is 4.75. The molecule has 3 heteroatoms. The number of carbonyl (C=O) groups excluding carboxylic acids is 1. The van der Waals surface area contributed by atoms with Gasteiger partial charge in [0.1, 0.15) is 0 Å². The molecule has 0 radical (unpaired) electrons. The van der Waals surface area contributed by atoms with Gasteiger partial charge in [0.05, 0.1) is 0 Å². The van der Waals surface area contributed by atoms with Crippen molar-refractivity contribution in [3.8, 4) is 0 Å². The van der Waals surface area contributed by atoms with Gasteiger partial charge < -0.3 is 10.2 Å². The second-order valence-corrected chi connectivity index (χ2v) is 7.46. The van der Waals surface area contributed by atoms with Gasteiger partial charge in [0.2, 0.25) is 5.91 Å². The number of carbonyl (C=O) groups is 1. The number of aryl methyl sites for hydroxylation is 1. The second kappa shape index (κ2) is 7.17. The lowest BCUT2D eigenvalue weighted by Gasteiger charge is -2.28. The number of nitrogens with one attached hydrogen (secondary N) is 1. The van der Waals surface area contributed by atoms with E-state index < -0.39 is 0 Å². The Balaban J connectivity index is 2.16. The molecule has 1 N–H and O–H groups in total. The largest absolute Gasteiger partial charge is 0.371 e. The van der Waals surface area contributed by atoms with Gasteiger partial charge in [-0.25, -0.2) is 0 Å². The Morgan fingerprint density at radius 2 is 1.64 bits per heavy atom. The molecular weight excluding hydrogens is 272 g/mol. The van der Waals surface area contributed by atoms with Gasteiger partial charge >= 0.3 is 0 Å². The van der Waals surface area contributed by atoms with Gasteiger partial charge in [-0.3, -0.25) is 4.79 Å². The first kappa shape index (κ1) is 16.9. The molecule has 1 heterocycles. The monoisotopic (exact) mass is 302 g/mol. The molecule has 0 bridgehead atoms. The van der Waals surface area contributed by atoms with E-state index in [1.54, 1.807) is 0 Å². The zero-order valence-electron chi connectivity index (χ0n) is 14.5.